The van der Waals surface area contributed by atoms with E-state index in [0.29, 0.717) is 52.4 Å². The first-order valence-corrected chi connectivity index (χ1v) is 12.5. The summed E-state index contributed by atoms with van der Waals surface area (Å²) < 4.78 is 13.7. The van der Waals surface area contributed by atoms with Gasteiger partial charge in [-0.1, -0.05) is 0 Å². The number of carbonyl (C=O) groups is 3. The first-order chi connectivity index (χ1) is 17.5. The second-order valence-electron chi connectivity index (χ2n) is 9.22. The maximum Gasteiger partial charge on any atom is 0.256 e. The van der Waals surface area contributed by atoms with Gasteiger partial charge < -0.3 is 30.7 Å². The van der Waals surface area contributed by atoms with Crippen LogP contribution in [0.3, 0.4) is 0 Å². The van der Waals surface area contributed by atoms with Crippen LogP contribution in [0.15, 0.2) is 18.2 Å². The van der Waals surface area contributed by atoms with E-state index >= 15 is 0 Å². The van der Waals surface area contributed by atoms with Gasteiger partial charge in [0, 0.05) is 42.3 Å². The molecule has 0 aliphatic carbocycles. The number of hydrogen-bond acceptors (Lipinski definition) is 5. The van der Waals surface area contributed by atoms with Crippen LogP contribution >= 0.6 is 0 Å². The van der Waals surface area contributed by atoms with E-state index in [1.54, 1.807) is 24.8 Å². The van der Waals surface area contributed by atoms with E-state index in [0.717, 1.165) is 0 Å². The molecule has 37 heavy (non-hydrogen) atoms. The van der Waals surface area contributed by atoms with Gasteiger partial charge in [0.25, 0.3) is 11.8 Å². The highest BCUT2D eigenvalue weighted by molar-refractivity contribution is 6.34. The van der Waals surface area contributed by atoms with Gasteiger partial charge in [-0.25, -0.2) is 4.39 Å². The number of aryl methyl sites for hydroxylation is 1. The zero-order valence-corrected chi connectivity index (χ0v) is 21.7. The number of hydrogen-bond donors (Lipinski definition) is 5. The molecule has 0 saturated heterocycles. The Hall–Kier alpha value is -3.50. The topological polar surface area (TPSA) is 135 Å². The molecule has 200 valence electrons. The molecule has 2 atom stereocenters. The number of H-pyrrole nitrogens is 1. The van der Waals surface area contributed by atoms with Gasteiger partial charge in [0.15, 0.2) is 0 Å². The Labute approximate surface area is 215 Å². The summed E-state index contributed by atoms with van der Waals surface area (Å²) >= 11 is 0. The van der Waals surface area contributed by atoms with Crippen LogP contribution in [-0.4, -0.2) is 69.7 Å². The number of aromatic amines is 1. The van der Waals surface area contributed by atoms with E-state index in [-0.39, 0.29) is 43.5 Å². The number of anilines is 1. The van der Waals surface area contributed by atoms with Gasteiger partial charge in [-0.15, -0.1) is 0 Å². The molecule has 1 aromatic carbocycles. The van der Waals surface area contributed by atoms with E-state index in [1.165, 1.54) is 18.2 Å². The molecule has 0 bridgehead atoms. The number of halogens is 1. The summed E-state index contributed by atoms with van der Waals surface area (Å²) in [5.41, 5.74) is 3.49. The van der Waals surface area contributed by atoms with Gasteiger partial charge in [-0.2, -0.15) is 0 Å². The minimum Gasteiger partial charge on any atom is -0.393 e. The van der Waals surface area contributed by atoms with E-state index in [1.807, 2.05) is 13.8 Å². The molecule has 5 N–H and O–H groups in total. The SMILES string of the molecule is CCN(CC)C(=O)C[C@H](O)C[C@H](O)CCNC(=O)c1c(C)[nH]c(/C=C2\C(=O)Nc3ccc(F)cc32)c1C. The fourth-order valence-electron chi connectivity index (χ4n) is 4.57. The molecule has 0 saturated carbocycles. The Kier molecular flexibility index (Phi) is 9.23. The Bertz CT molecular complexity index is 1200. The molecule has 0 unspecified atom stereocenters. The highest BCUT2D eigenvalue weighted by atomic mass is 19.1. The predicted octanol–water partition coefficient (Wildman–Crippen LogP) is 2.75. The summed E-state index contributed by atoms with van der Waals surface area (Å²) in [4.78, 5) is 42.2. The lowest BCUT2D eigenvalue weighted by Gasteiger charge is -2.21. The Balaban J connectivity index is 1.59. The highest BCUT2D eigenvalue weighted by Crippen LogP contribution is 2.34. The van der Waals surface area contributed by atoms with E-state index in [2.05, 4.69) is 15.6 Å². The molecule has 1 aliphatic rings. The lowest BCUT2D eigenvalue weighted by molar-refractivity contribution is -0.133. The van der Waals surface area contributed by atoms with E-state index < -0.39 is 18.0 Å². The van der Waals surface area contributed by atoms with Crippen molar-refractivity contribution in [1.82, 2.24) is 15.2 Å². The van der Waals surface area contributed by atoms with Crippen molar-refractivity contribution in [2.24, 2.45) is 0 Å². The molecular formula is C27H35FN4O5. The van der Waals surface area contributed by atoms with Crippen molar-refractivity contribution in [3.05, 3.63) is 52.1 Å². The molecule has 1 aliphatic heterocycles. The molecule has 3 amide bonds. The van der Waals surface area contributed by atoms with Crippen LogP contribution in [0, 0.1) is 19.7 Å². The quantitative estimate of drug-likeness (QED) is 0.294. The molecule has 0 radical (unpaired) electrons. The van der Waals surface area contributed by atoms with Gasteiger partial charge >= 0.3 is 0 Å². The van der Waals surface area contributed by atoms with Gasteiger partial charge in [-0.3, -0.25) is 14.4 Å². The van der Waals surface area contributed by atoms with Crippen LogP contribution < -0.4 is 10.6 Å². The van der Waals surface area contributed by atoms with Crippen molar-refractivity contribution in [3.63, 3.8) is 0 Å². The molecule has 0 spiro atoms. The summed E-state index contributed by atoms with van der Waals surface area (Å²) in [6.45, 7) is 8.52. The smallest absolute Gasteiger partial charge is 0.256 e. The number of aliphatic hydroxyl groups excluding tert-OH is 2. The number of rotatable bonds is 11. The molecule has 0 fully saturated rings. The van der Waals surface area contributed by atoms with Crippen molar-refractivity contribution in [2.75, 3.05) is 25.0 Å². The average Bonchev–Trinajstić information content (AvgIpc) is 3.28. The lowest BCUT2D eigenvalue weighted by atomic mass is 10.0. The van der Waals surface area contributed by atoms with Crippen molar-refractivity contribution < 1.29 is 29.0 Å². The van der Waals surface area contributed by atoms with Crippen LogP contribution in [0.4, 0.5) is 10.1 Å². The number of benzene rings is 1. The number of nitrogens with one attached hydrogen (secondary N) is 3. The largest absolute Gasteiger partial charge is 0.393 e. The average molecular weight is 515 g/mol. The summed E-state index contributed by atoms with van der Waals surface area (Å²) in [5, 5.41) is 25.9. The minimum absolute atomic E-state index is 0.0347. The van der Waals surface area contributed by atoms with Crippen LogP contribution in [0.1, 0.15) is 66.0 Å². The number of aliphatic hydroxyl groups is 2. The fraction of sp³-hybridized carbons (Fsp3) is 0.444. The first-order valence-electron chi connectivity index (χ1n) is 12.5. The normalized spacial score (nSPS) is 15.3. The molecule has 2 heterocycles. The lowest BCUT2D eigenvalue weighted by Crippen LogP contribution is -2.34. The maximum atomic E-state index is 13.7. The molecular weight excluding hydrogens is 479 g/mol. The molecule has 3 rings (SSSR count). The van der Waals surface area contributed by atoms with E-state index in [4.69, 9.17) is 0 Å². The van der Waals surface area contributed by atoms with Crippen molar-refractivity contribution >= 4 is 35.1 Å². The molecule has 1 aromatic heterocycles. The Morgan fingerprint density at radius 3 is 2.54 bits per heavy atom. The second-order valence-corrected chi connectivity index (χ2v) is 9.22. The maximum absolute atomic E-state index is 13.7. The third-order valence-corrected chi connectivity index (χ3v) is 6.59. The van der Waals surface area contributed by atoms with Crippen molar-refractivity contribution in [2.45, 2.75) is 59.2 Å². The third-order valence-electron chi connectivity index (χ3n) is 6.59. The Morgan fingerprint density at radius 1 is 1.16 bits per heavy atom. The zero-order chi connectivity index (χ0) is 27.3. The van der Waals surface area contributed by atoms with E-state index in [9.17, 15) is 29.0 Å². The third kappa shape index (κ3) is 6.64. The monoisotopic (exact) mass is 514 g/mol. The standard InChI is InChI=1S/C27H35FN4O5/c1-5-32(6-2)24(35)13-19(34)12-18(33)9-10-29-27(37)25-15(3)23(30-16(25)4)14-21-20-11-17(28)7-8-22(20)31-26(21)36/h7-8,11,14,18-19,30,33-34H,5-6,9-10,12-13H2,1-4H3,(H,29,37)(H,31,36)/b21-14-/t18-,19-/m1/s1. The summed E-state index contributed by atoms with van der Waals surface area (Å²) in [7, 11) is 0. The number of fused-ring (bicyclic) bond motifs is 1. The molecule has 9 nitrogen and oxygen atoms in total. The summed E-state index contributed by atoms with van der Waals surface area (Å²) in [5.74, 6) is -1.31. The number of amides is 3. The van der Waals surface area contributed by atoms with Gasteiger partial charge in [0.05, 0.1) is 29.8 Å². The molecule has 10 heteroatoms. The molecule has 2 aromatic rings. The van der Waals surface area contributed by atoms with Crippen molar-refractivity contribution in [1.29, 1.82) is 0 Å². The fourth-order valence-corrected chi connectivity index (χ4v) is 4.57. The van der Waals surface area contributed by atoms with Gasteiger partial charge in [0.1, 0.15) is 5.82 Å². The van der Waals surface area contributed by atoms with Crippen LogP contribution in [0.25, 0.3) is 11.6 Å². The van der Waals surface area contributed by atoms with Gasteiger partial charge in [-0.05, 0) is 70.4 Å². The second kappa shape index (κ2) is 12.2. The Morgan fingerprint density at radius 2 is 1.86 bits per heavy atom. The van der Waals surface area contributed by atoms with Gasteiger partial charge in [0.2, 0.25) is 5.91 Å². The summed E-state index contributed by atoms with van der Waals surface area (Å²) in [6, 6.07) is 4.07. The number of carbonyl (C=O) groups excluding carboxylic acids is 3. The highest BCUT2D eigenvalue weighted by Gasteiger charge is 2.26. The zero-order valence-electron chi connectivity index (χ0n) is 21.7. The number of aromatic nitrogens is 1. The first kappa shape index (κ1) is 28.1. The predicted molar refractivity (Wildman–Crippen MR) is 139 cm³/mol. The minimum atomic E-state index is -0.963. The number of nitrogens with zero attached hydrogens (tertiary/aromatic N) is 1. The van der Waals surface area contributed by atoms with Crippen LogP contribution in [0.5, 0.6) is 0 Å². The van der Waals surface area contributed by atoms with Crippen molar-refractivity contribution in [3.8, 4) is 0 Å². The summed E-state index contributed by atoms with van der Waals surface area (Å²) in [6.07, 6.45) is -0.0493. The van der Waals surface area contributed by atoms with Crippen LogP contribution in [0.2, 0.25) is 0 Å². The van der Waals surface area contributed by atoms with Crippen LogP contribution in [-0.2, 0) is 9.59 Å².